The molecule has 0 bridgehead atoms. The molecule has 0 radical (unpaired) electrons. The summed E-state index contributed by atoms with van der Waals surface area (Å²) in [7, 11) is 0. The number of amides is 1. The Kier molecular flexibility index (Phi) is 3.25. The van der Waals surface area contributed by atoms with Gasteiger partial charge in [0.2, 0.25) is 5.91 Å². The molecule has 0 unspecified atom stereocenters. The lowest BCUT2D eigenvalue weighted by molar-refractivity contribution is -0.126. The van der Waals surface area contributed by atoms with Gasteiger partial charge in [-0.2, -0.15) is 0 Å². The Balaban J connectivity index is 1.88. The highest BCUT2D eigenvalue weighted by Crippen LogP contribution is 2.27. The van der Waals surface area contributed by atoms with Crippen molar-refractivity contribution in [2.45, 2.75) is 44.7 Å². The van der Waals surface area contributed by atoms with Crippen molar-refractivity contribution in [1.29, 1.82) is 0 Å². The molecule has 1 aromatic rings. The van der Waals surface area contributed by atoms with E-state index in [0.717, 1.165) is 35.6 Å². The molecule has 2 rings (SSSR count). The molecule has 1 saturated carbocycles. The third kappa shape index (κ3) is 2.41. The van der Waals surface area contributed by atoms with Gasteiger partial charge in [0.15, 0.2) is 0 Å². The van der Waals surface area contributed by atoms with Crippen LogP contribution in [0.3, 0.4) is 0 Å². The Hall–Kier alpha value is -0.940. The summed E-state index contributed by atoms with van der Waals surface area (Å²) in [6, 6.07) is 0. The highest BCUT2D eigenvalue weighted by Gasteiger charge is 2.36. The Morgan fingerprint density at radius 1 is 1.62 bits per heavy atom. The summed E-state index contributed by atoms with van der Waals surface area (Å²) < 4.78 is 0. The van der Waals surface area contributed by atoms with Crippen molar-refractivity contribution in [3.05, 3.63) is 16.1 Å². The van der Waals surface area contributed by atoms with Crippen molar-refractivity contribution in [3.63, 3.8) is 0 Å². The third-order valence-electron chi connectivity index (χ3n) is 3.02. The predicted molar refractivity (Wildman–Crippen MR) is 64.1 cm³/mol. The Labute approximate surface area is 99.3 Å². The summed E-state index contributed by atoms with van der Waals surface area (Å²) in [5.74, 6) is -0.0298. The van der Waals surface area contributed by atoms with Crippen molar-refractivity contribution in [2.24, 2.45) is 5.73 Å². The van der Waals surface area contributed by atoms with Crippen LogP contribution >= 0.6 is 11.3 Å². The minimum atomic E-state index is -0.633. The predicted octanol–water partition coefficient (Wildman–Crippen LogP) is 1.34. The fourth-order valence-electron chi connectivity index (χ4n) is 2.05. The standard InChI is InChI=1S/C11H17N3OS/c1-8-6-13-9(16-8)7-14-10(15)11(12)4-2-3-5-11/h6H,2-5,7,12H2,1H3,(H,14,15). The van der Waals surface area contributed by atoms with Gasteiger partial charge in [0.05, 0.1) is 12.1 Å². The van der Waals surface area contributed by atoms with Gasteiger partial charge in [-0.15, -0.1) is 11.3 Å². The molecule has 0 aromatic carbocycles. The minimum Gasteiger partial charge on any atom is -0.348 e. The van der Waals surface area contributed by atoms with Crippen LogP contribution in [-0.2, 0) is 11.3 Å². The van der Waals surface area contributed by atoms with E-state index in [2.05, 4.69) is 10.3 Å². The average Bonchev–Trinajstić information content (AvgIpc) is 2.85. The number of nitrogens with two attached hydrogens (primary N) is 1. The number of aromatic nitrogens is 1. The first-order chi connectivity index (χ1) is 7.60. The van der Waals surface area contributed by atoms with Crippen molar-refractivity contribution < 1.29 is 4.79 Å². The van der Waals surface area contributed by atoms with Gasteiger partial charge in [0.25, 0.3) is 0 Å². The van der Waals surface area contributed by atoms with Gasteiger partial charge < -0.3 is 11.1 Å². The molecule has 1 aliphatic carbocycles. The topological polar surface area (TPSA) is 68.0 Å². The van der Waals surface area contributed by atoms with Crippen LogP contribution in [0.4, 0.5) is 0 Å². The van der Waals surface area contributed by atoms with E-state index in [0.29, 0.717) is 6.54 Å². The zero-order chi connectivity index (χ0) is 11.6. The second-order valence-corrected chi connectivity index (χ2v) is 5.73. The van der Waals surface area contributed by atoms with E-state index in [4.69, 9.17) is 5.73 Å². The van der Waals surface area contributed by atoms with Crippen LogP contribution in [0.5, 0.6) is 0 Å². The van der Waals surface area contributed by atoms with Gasteiger partial charge in [0, 0.05) is 11.1 Å². The molecule has 16 heavy (non-hydrogen) atoms. The Morgan fingerprint density at radius 3 is 2.88 bits per heavy atom. The third-order valence-corrected chi connectivity index (χ3v) is 3.93. The molecular weight excluding hydrogens is 222 g/mol. The van der Waals surface area contributed by atoms with E-state index in [1.165, 1.54) is 0 Å². The summed E-state index contributed by atoms with van der Waals surface area (Å²) in [6.45, 7) is 2.50. The van der Waals surface area contributed by atoms with Crippen molar-refractivity contribution in [1.82, 2.24) is 10.3 Å². The number of aryl methyl sites for hydroxylation is 1. The lowest BCUT2D eigenvalue weighted by Crippen LogP contribution is -2.51. The molecule has 4 nitrogen and oxygen atoms in total. The zero-order valence-electron chi connectivity index (χ0n) is 9.45. The summed E-state index contributed by atoms with van der Waals surface area (Å²) in [5.41, 5.74) is 5.41. The molecule has 1 aromatic heterocycles. The summed E-state index contributed by atoms with van der Waals surface area (Å²) >= 11 is 1.60. The Morgan fingerprint density at radius 2 is 2.31 bits per heavy atom. The summed E-state index contributed by atoms with van der Waals surface area (Å²) in [4.78, 5) is 17.2. The molecule has 88 valence electrons. The lowest BCUT2D eigenvalue weighted by Gasteiger charge is -2.21. The Bertz CT molecular complexity index is 382. The number of carbonyl (C=O) groups is 1. The van der Waals surface area contributed by atoms with E-state index in [1.54, 1.807) is 11.3 Å². The molecule has 0 atom stereocenters. The van der Waals surface area contributed by atoms with E-state index in [-0.39, 0.29) is 5.91 Å². The highest BCUT2D eigenvalue weighted by molar-refractivity contribution is 7.11. The van der Waals surface area contributed by atoms with Crippen LogP contribution in [0, 0.1) is 6.92 Å². The number of carbonyl (C=O) groups excluding carboxylic acids is 1. The number of hydrogen-bond donors (Lipinski definition) is 2. The fourth-order valence-corrected chi connectivity index (χ4v) is 2.77. The van der Waals surface area contributed by atoms with Crippen LogP contribution in [0.15, 0.2) is 6.20 Å². The molecule has 5 heteroatoms. The number of nitrogens with one attached hydrogen (secondary N) is 1. The van der Waals surface area contributed by atoms with Crippen LogP contribution in [-0.4, -0.2) is 16.4 Å². The van der Waals surface area contributed by atoms with Crippen LogP contribution in [0.1, 0.15) is 35.6 Å². The van der Waals surface area contributed by atoms with Gasteiger partial charge in [-0.25, -0.2) is 4.98 Å². The number of nitrogens with zero attached hydrogens (tertiary/aromatic N) is 1. The monoisotopic (exact) mass is 239 g/mol. The van der Waals surface area contributed by atoms with E-state index < -0.39 is 5.54 Å². The molecule has 0 aliphatic heterocycles. The second kappa shape index (κ2) is 4.51. The quantitative estimate of drug-likeness (QED) is 0.836. The van der Waals surface area contributed by atoms with E-state index in [1.807, 2.05) is 13.1 Å². The maximum Gasteiger partial charge on any atom is 0.240 e. The number of thiazole rings is 1. The normalized spacial score (nSPS) is 18.6. The largest absolute Gasteiger partial charge is 0.348 e. The van der Waals surface area contributed by atoms with Gasteiger partial charge in [-0.3, -0.25) is 4.79 Å². The molecule has 1 fully saturated rings. The molecule has 1 aliphatic rings. The van der Waals surface area contributed by atoms with Gasteiger partial charge in [0.1, 0.15) is 5.01 Å². The van der Waals surface area contributed by atoms with Crippen LogP contribution in [0.2, 0.25) is 0 Å². The first-order valence-corrected chi connectivity index (χ1v) is 6.40. The zero-order valence-corrected chi connectivity index (χ0v) is 10.3. The molecule has 1 amide bonds. The van der Waals surface area contributed by atoms with Gasteiger partial charge in [-0.1, -0.05) is 12.8 Å². The summed E-state index contributed by atoms with van der Waals surface area (Å²) in [6.07, 6.45) is 5.53. The van der Waals surface area contributed by atoms with E-state index >= 15 is 0 Å². The average molecular weight is 239 g/mol. The van der Waals surface area contributed by atoms with Gasteiger partial charge >= 0.3 is 0 Å². The maximum absolute atomic E-state index is 11.9. The van der Waals surface area contributed by atoms with Crippen molar-refractivity contribution >= 4 is 17.2 Å². The molecular formula is C11H17N3OS. The first kappa shape index (κ1) is 11.5. The van der Waals surface area contributed by atoms with Crippen molar-refractivity contribution in [2.75, 3.05) is 0 Å². The number of hydrogen-bond acceptors (Lipinski definition) is 4. The van der Waals surface area contributed by atoms with Crippen LogP contribution in [0.25, 0.3) is 0 Å². The first-order valence-electron chi connectivity index (χ1n) is 5.59. The fraction of sp³-hybridized carbons (Fsp3) is 0.636. The molecule has 1 heterocycles. The highest BCUT2D eigenvalue weighted by atomic mass is 32.1. The van der Waals surface area contributed by atoms with Crippen molar-refractivity contribution in [3.8, 4) is 0 Å². The lowest BCUT2D eigenvalue weighted by atomic mass is 9.98. The second-order valence-electron chi connectivity index (χ2n) is 4.41. The molecule has 0 saturated heterocycles. The maximum atomic E-state index is 11.9. The number of rotatable bonds is 3. The minimum absolute atomic E-state index is 0.0298. The van der Waals surface area contributed by atoms with E-state index in [9.17, 15) is 4.79 Å². The smallest absolute Gasteiger partial charge is 0.240 e. The molecule has 3 N–H and O–H groups in total. The van der Waals surface area contributed by atoms with Crippen LogP contribution < -0.4 is 11.1 Å². The van der Waals surface area contributed by atoms with Gasteiger partial charge in [-0.05, 0) is 19.8 Å². The molecule has 0 spiro atoms. The summed E-state index contributed by atoms with van der Waals surface area (Å²) in [5, 5.41) is 3.82. The SMILES string of the molecule is Cc1cnc(CNC(=O)C2(N)CCCC2)s1.